The van der Waals surface area contributed by atoms with Crippen molar-refractivity contribution in [2.75, 3.05) is 27.3 Å². The molecule has 0 spiro atoms. The second-order valence-electron chi connectivity index (χ2n) is 13.0. The molecule has 1 unspecified atom stereocenters. The molecule has 0 radical (unpaired) electrons. The van der Waals surface area contributed by atoms with Gasteiger partial charge in [0.1, 0.15) is 23.7 Å². The molecule has 0 bridgehead atoms. The molecule has 4 amide bonds. The zero-order chi connectivity index (χ0) is 36.6. The third-order valence-electron chi connectivity index (χ3n) is 6.96. The molecule has 1 aromatic carbocycles. The number of nitrogens with one attached hydrogen (secondary N) is 4. The second kappa shape index (κ2) is 16.6. The number of methoxy groups -OCH3 is 2. The fourth-order valence-electron chi connectivity index (χ4n) is 4.41. The van der Waals surface area contributed by atoms with E-state index >= 15 is 8.78 Å². The number of alkyl carbamates (subject to hydrolysis) is 2. The van der Waals surface area contributed by atoms with E-state index in [1.54, 1.807) is 41.5 Å². The Morgan fingerprint density at radius 1 is 0.917 bits per heavy atom. The van der Waals surface area contributed by atoms with E-state index in [9.17, 15) is 33.1 Å². The third-order valence-corrected chi connectivity index (χ3v) is 6.96. The number of rotatable bonds is 13. The van der Waals surface area contributed by atoms with Gasteiger partial charge in [-0.15, -0.1) is 0 Å². The van der Waals surface area contributed by atoms with Crippen LogP contribution in [0, 0.1) is 22.5 Å². The highest BCUT2D eigenvalue weighted by molar-refractivity contribution is 5.87. The lowest BCUT2D eigenvalue weighted by atomic mass is 9.86. The minimum atomic E-state index is -2.96. The number of ether oxygens (including phenoxy) is 2. The summed E-state index contributed by atoms with van der Waals surface area (Å²) < 4.78 is 66.1. The Morgan fingerprint density at radius 2 is 1.42 bits per heavy atom. The van der Waals surface area contributed by atoms with Crippen LogP contribution in [-0.2, 0) is 25.6 Å². The molecule has 5 N–H and O–H groups in total. The Balaban J connectivity index is 2.37. The molecule has 3 atom stereocenters. The topological polar surface area (TPSA) is 176 Å². The number of halogens is 4. The smallest absolute Gasteiger partial charge is 0.407 e. The van der Waals surface area contributed by atoms with Gasteiger partial charge in [-0.25, -0.2) is 28.1 Å². The SMILES string of the molecule is COC(=O)NC(C(=O)NC[C@@H](O)CN(Cc1c(F)cc(-c2ccn(C(F)F)n2)cc1F)NC(=O)[C@@H](NC(=O)OC)C(C)(C)C)C(C)(C)C. The fraction of sp³-hybridized carbons (Fsp3) is 0.567. The van der Waals surface area contributed by atoms with Crippen molar-refractivity contribution in [2.45, 2.75) is 72.8 Å². The summed E-state index contributed by atoms with van der Waals surface area (Å²) in [6, 6.07) is 0.626. The molecule has 2 aromatic rings. The highest BCUT2D eigenvalue weighted by atomic mass is 19.3. The molecule has 14 nitrogen and oxygen atoms in total. The summed E-state index contributed by atoms with van der Waals surface area (Å²) >= 11 is 0. The molecule has 48 heavy (non-hydrogen) atoms. The minimum Gasteiger partial charge on any atom is -0.453 e. The monoisotopic (exact) mass is 689 g/mol. The predicted molar refractivity (Wildman–Crippen MR) is 164 cm³/mol. The van der Waals surface area contributed by atoms with Crippen LogP contribution in [0.4, 0.5) is 27.2 Å². The summed E-state index contributed by atoms with van der Waals surface area (Å²) in [5.74, 6) is -3.71. The summed E-state index contributed by atoms with van der Waals surface area (Å²) in [5.41, 5.74) is 0.00204. The number of amides is 4. The first kappa shape index (κ1) is 39.7. The van der Waals surface area contributed by atoms with Crippen molar-refractivity contribution in [3.05, 3.63) is 41.6 Å². The van der Waals surface area contributed by atoms with Crippen LogP contribution in [0.3, 0.4) is 0 Å². The van der Waals surface area contributed by atoms with Crippen LogP contribution >= 0.6 is 0 Å². The van der Waals surface area contributed by atoms with E-state index in [2.05, 4.69) is 35.9 Å². The number of hydrogen-bond donors (Lipinski definition) is 5. The molecule has 0 saturated heterocycles. The van der Waals surface area contributed by atoms with Crippen molar-refractivity contribution in [3.8, 4) is 11.3 Å². The lowest BCUT2D eigenvalue weighted by molar-refractivity contribution is -0.132. The summed E-state index contributed by atoms with van der Waals surface area (Å²) in [7, 11) is 2.23. The second-order valence-corrected chi connectivity index (χ2v) is 13.0. The van der Waals surface area contributed by atoms with E-state index in [1.807, 2.05) is 0 Å². The fourth-order valence-corrected chi connectivity index (χ4v) is 4.41. The van der Waals surface area contributed by atoms with Crippen LogP contribution in [0.2, 0.25) is 0 Å². The van der Waals surface area contributed by atoms with Crippen molar-refractivity contribution in [1.29, 1.82) is 0 Å². The van der Waals surface area contributed by atoms with Gasteiger partial charge in [-0.2, -0.15) is 13.9 Å². The van der Waals surface area contributed by atoms with E-state index < -0.39 is 96.4 Å². The number of aromatic nitrogens is 2. The van der Waals surface area contributed by atoms with Gasteiger partial charge in [0.15, 0.2) is 0 Å². The predicted octanol–water partition coefficient (Wildman–Crippen LogP) is 3.08. The Morgan fingerprint density at radius 3 is 1.85 bits per heavy atom. The van der Waals surface area contributed by atoms with E-state index in [0.29, 0.717) is 4.68 Å². The Bertz CT molecular complexity index is 1420. The average molecular weight is 690 g/mol. The van der Waals surface area contributed by atoms with Crippen LogP contribution in [0.15, 0.2) is 24.4 Å². The van der Waals surface area contributed by atoms with E-state index in [0.717, 1.165) is 43.6 Å². The van der Waals surface area contributed by atoms with Gasteiger partial charge in [0.25, 0.3) is 5.91 Å². The molecule has 18 heteroatoms. The molecular formula is C30H43F4N7O7. The molecule has 2 rings (SSSR count). The molecular weight excluding hydrogens is 646 g/mol. The first-order chi connectivity index (χ1) is 22.2. The lowest BCUT2D eigenvalue weighted by Crippen LogP contribution is -2.58. The molecule has 0 saturated carbocycles. The van der Waals surface area contributed by atoms with Crippen molar-refractivity contribution < 1.29 is 51.3 Å². The van der Waals surface area contributed by atoms with Gasteiger partial charge in [0, 0.05) is 37.0 Å². The summed E-state index contributed by atoms with van der Waals surface area (Å²) in [6.07, 6.45) is -2.27. The number of alkyl halides is 2. The highest BCUT2D eigenvalue weighted by Gasteiger charge is 2.36. The zero-order valence-corrected chi connectivity index (χ0v) is 28.0. The van der Waals surface area contributed by atoms with Crippen LogP contribution in [0.1, 0.15) is 53.7 Å². The maximum atomic E-state index is 15.4. The molecule has 0 aliphatic rings. The maximum Gasteiger partial charge on any atom is 0.407 e. The zero-order valence-electron chi connectivity index (χ0n) is 28.0. The number of aliphatic hydroxyl groups excluding tert-OH is 1. The molecule has 1 heterocycles. The van der Waals surface area contributed by atoms with Crippen LogP contribution in [0.25, 0.3) is 11.3 Å². The van der Waals surface area contributed by atoms with Crippen LogP contribution in [0.5, 0.6) is 0 Å². The van der Waals surface area contributed by atoms with Gasteiger partial charge >= 0.3 is 18.7 Å². The Kier molecular flexibility index (Phi) is 13.7. The van der Waals surface area contributed by atoms with E-state index in [4.69, 9.17) is 0 Å². The number of carbonyl (C=O) groups is 4. The lowest BCUT2D eigenvalue weighted by Gasteiger charge is -2.33. The Labute approximate surface area is 275 Å². The van der Waals surface area contributed by atoms with E-state index in [1.165, 1.54) is 0 Å². The van der Waals surface area contributed by atoms with Crippen molar-refractivity contribution in [2.24, 2.45) is 10.8 Å². The summed E-state index contributed by atoms with van der Waals surface area (Å²) in [4.78, 5) is 50.1. The molecule has 1 aromatic heterocycles. The number of aliphatic hydroxyl groups is 1. The molecule has 0 aliphatic carbocycles. The van der Waals surface area contributed by atoms with Crippen LogP contribution < -0.4 is 21.4 Å². The molecule has 0 aliphatic heterocycles. The van der Waals surface area contributed by atoms with Crippen molar-refractivity contribution in [3.63, 3.8) is 0 Å². The summed E-state index contributed by atoms with van der Waals surface area (Å²) in [5, 5.41) is 22.8. The molecule has 268 valence electrons. The Hall–Kier alpha value is -4.45. The number of carbonyl (C=O) groups excluding carboxylic acids is 4. The standard InChI is InChI=1S/C30H43F4N7O7/c1-29(2,3)22(36-27(45)47-7)24(43)35-13-17(42)14-40(39-25(44)23(30(4,5)6)37-28(46)48-8)15-18-19(31)11-16(12-20(18)32)21-9-10-41(38-21)26(33)34/h9-12,17,22-23,26,42H,13-15H2,1-8H3,(H,35,43)(H,36,45)(H,37,46)(H,39,44)/t17-,22?,23-/m1/s1. The van der Waals surface area contributed by atoms with Crippen molar-refractivity contribution in [1.82, 2.24) is 36.2 Å². The number of nitrogens with zero attached hydrogens (tertiary/aromatic N) is 3. The van der Waals surface area contributed by atoms with Gasteiger partial charge in [0.2, 0.25) is 5.91 Å². The largest absolute Gasteiger partial charge is 0.453 e. The van der Waals surface area contributed by atoms with Gasteiger partial charge in [-0.1, -0.05) is 41.5 Å². The quantitative estimate of drug-likeness (QED) is 0.156. The average Bonchev–Trinajstić information content (AvgIpc) is 3.48. The van der Waals surface area contributed by atoms with Gasteiger partial charge in [0.05, 0.1) is 26.0 Å². The number of hydrazine groups is 1. The highest BCUT2D eigenvalue weighted by Crippen LogP contribution is 2.26. The normalized spacial score (nSPS) is 13.8. The summed E-state index contributed by atoms with van der Waals surface area (Å²) in [6.45, 7) is 5.45. The minimum absolute atomic E-state index is 0.117. The number of hydrogen-bond acceptors (Lipinski definition) is 9. The first-order valence-corrected chi connectivity index (χ1v) is 14.7. The third kappa shape index (κ3) is 11.4. The van der Waals surface area contributed by atoms with Crippen molar-refractivity contribution >= 4 is 24.0 Å². The maximum absolute atomic E-state index is 15.4. The van der Waals surface area contributed by atoms with Crippen LogP contribution in [-0.4, -0.2) is 89.4 Å². The van der Waals surface area contributed by atoms with E-state index in [-0.39, 0.29) is 11.3 Å². The first-order valence-electron chi connectivity index (χ1n) is 14.7. The number of benzene rings is 1. The van der Waals surface area contributed by atoms with Gasteiger partial charge < -0.3 is 30.5 Å². The molecule has 0 fully saturated rings. The van der Waals surface area contributed by atoms with Gasteiger partial charge in [-0.3, -0.25) is 15.0 Å². The van der Waals surface area contributed by atoms with Gasteiger partial charge in [-0.05, 0) is 29.0 Å².